The van der Waals surface area contributed by atoms with Gasteiger partial charge in [-0.15, -0.1) is 10.2 Å². The Morgan fingerprint density at radius 2 is 0.756 bits per heavy atom. The molecule has 236 valence electrons. The molecule has 0 fully saturated rings. The SMILES string of the molecule is CC1(C)c2ccc([nH]2)C(C)(C)c2ccc([nH]2)C(C)(C)c2cc([nH]c2N=Nc2c(F)c(F)c(F)c(F)c2F)C(C)(C)c2ccc1[nH]2. The van der Waals surface area contributed by atoms with E-state index in [2.05, 4.69) is 76.1 Å². The van der Waals surface area contributed by atoms with E-state index in [-0.39, 0.29) is 5.82 Å². The summed E-state index contributed by atoms with van der Waals surface area (Å²) >= 11 is 0. The molecular formula is C34H35F5N6. The Bertz CT molecular complexity index is 1950. The predicted octanol–water partition coefficient (Wildman–Crippen LogP) is 9.73. The maximum absolute atomic E-state index is 14.5. The number of azo groups is 1. The molecule has 0 radical (unpaired) electrons. The van der Waals surface area contributed by atoms with Crippen LogP contribution in [-0.2, 0) is 21.7 Å². The van der Waals surface area contributed by atoms with Gasteiger partial charge in [0.1, 0.15) is 0 Å². The summed E-state index contributed by atoms with van der Waals surface area (Å²) in [4.78, 5) is 14.1. The van der Waals surface area contributed by atoms with Crippen LogP contribution in [0.3, 0.4) is 0 Å². The lowest BCUT2D eigenvalue weighted by molar-refractivity contribution is 0.380. The monoisotopic (exact) mass is 622 g/mol. The summed E-state index contributed by atoms with van der Waals surface area (Å²) in [5.41, 5.74) is 3.41. The number of H-pyrrole nitrogens is 4. The highest BCUT2D eigenvalue weighted by Gasteiger charge is 2.38. The average Bonchev–Trinajstić information content (AvgIpc) is 3.80. The molecule has 1 aliphatic heterocycles. The van der Waals surface area contributed by atoms with Gasteiger partial charge in [-0.2, -0.15) is 0 Å². The highest BCUT2D eigenvalue weighted by atomic mass is 19.2. The van der Waals surface area contributed by atoms with Crippen molar-refractivity contribution in [3.05, 3.63) is 117 Å². The van der Waals surface area contributed by atoms with Crippen LogP contribution in [0, 0.1) is 29.1 Å². The number of benzene rings is 1. The summed E-state index contributed by atoms with van der Waals surface area (Å²) in [5.74, 6) is -10.4. The van der Waals surface area contributed by atoms with E-state index in [0.29, 0.717) is 11.3 Å². The van der Waals surface area contributed by atoms with Crippen molar-refractivity contribution in [1.29, 1.82) is 0 Å². The fraction of sp³-hybridized carbons (Fsp3) is 0.353. The molecule has 5 heterocycles. The van der Waals surface area contributed by atoms with Crippen LogP contribution in [0.25, 0.3) is 0 Å². The van der Waals surface area contributed by atoms with Gasteiger partial charge in [0, 0.05) is 67.1 Å². The van der Waals surface area contributed by atoms with Gasteiger partial charge in [-0.1, -0.05) is 13.8 Å². The van der Waals surface area contributed by atoms with Gasteiger partial charge in [0.05, 0.1) is 0 Å². The van der Waals surface area contributed by atoms with Gasteiger partial charge in [-0.25, -0.2) is 22.0 Å². The van der Waals surface area contributed by atoms with E-state index in [9.17, 15) is 22.0 Å². The van der Waals surface area contributed by atoms with Crippen molar-refractivity contribution in [2.75, 3.05) is 0 Å². The molecule has 0 unspecified atom stereocenters. The van der Waals surface area contributed by atoms with Crippen molar-refractivity contribution >= 4 is 11.5 Å². The number of hydrogen-bond acceptors (Lipinski definition) is 2. The maximum atomic E-state index is 14.5. The largest absolute Gasteiger partial charge is 0.361 e. The van der Waals surface area contributed by atoms with E-state index in [1.807, 2.05) is 52.0 Å². The number of fused-ring (bicyclic) bond motifs is 8. The molecule has 1 aliphatic rings. The smallest absolute Gasteiger partial charge is 0.200 e. The Hall–Kier alpha value is -4.41. The second kappa shape index (κ2) is 9.79. The number of hydrogen-bond donors (Lipinski definition) is 4. The first-order valence-corrected chi connectivity index (χ1v) is 14.7. The fourth-order valence-corrected chi connectivity index (χ4v) is 6.07. The normalized spacial score (nSPS) is 18.1. The van der Waals surface area contributed by atoms with Crippen molar-refractivity contribution < 1.29 is 22.0 Å². The van der Waals surface area contributed by atoms with Crippen molar-refractivity contribution in [1.82, 2.24) is 19.9 Å². The lowest BCUT2D eigenvalue weighted by Crippen LogP contribution is -2.25. The quantitative estimate of drug-likeness (QED) is 0.0654. The Kier molecular flexibility index (Phi) is 6.66. The summed E-state index contributed by atoms with van der Waals surface area (Å²) in [6.45, 7) is 16.4. The molecule has 11 heteroatoms. The first-order chi connectivity index (χ1) is 20.9. The van der Waals surface area contributed by atoms with Crippen molar-refractivity contribution in [2.24, 2.45) is 10.2 Å². The van der Waals surface area contributed by atoms with E-state index in [0.717, 1.165) is 34.2 Å². The van der Waals surface area contributed by atoms with Gasteiger partial charge in [0.2, 0.25) is 5.82 Å². The number of rotatable bonds is 2. The molecule has 0 spiro atoms. The molecule has 5 aromatic rings. The molecule has 1 aromatic carbocycles. The average molecular weight is 623 g/mol. The molecule has 8 bridgehead atoms. The van der Waals surface area contributed by atoms with E-state index in [4.69, 9.17) is 0 Å². The number of nitrogens with zero attached hydrogens (tertiary/aromatic N) is 2. The van der Waals surface area contributed by atoms with Crippen LogP contribution < -0.4 is 0 Å². The van der Waals surface area contributed by atoms with E-state index >= 15 is 0 Å². The van der Waals surface area contributed by atoms with Gasteiger partial charge in [-0.05, 0) is 84.0 Å². The van der Waals surface area contributed by atoms with Gasteiger partial charge >= 0.3 is 0 Å². The lowest BCUT2D eigenvalue weighted by atomic mass is 9.80. The molecule has 6 nitrogen and oxygen atoms in total. The molecule has 0 amide bonds. The van der Waals surface area contributed by atoms with E-state index in [1.165, 1.54) is 0 Å². The third kappa shape index (κ3) is 4.49. The van der Waals surface area contributed by atoms with Gasteiger partial charge in [-0.3, -0.25) is 0 Å². The summed E-state index contributed by atoms with van der Waals surface area (Å²) in [6.07, 6.45) is 0. The molecule has 0 saturated heterocycles. The number of aromatic amines is 4. The first-order valence-electron chi connectivity index (χ1n) is 14.7. The topological polar surface area (TPSA) is 87.9 Å². The fourth-order valence-electron chi connectivity index (χ4n) is 6.07. The molecular weight excluding hydrogens is 587 g/mol. The molecule has 0 saturated carbocycles. The van der Waals surface area contributed by atoms with Crippen LogP contribution in [0.5, 0.6) is 0 Å². The minimum absolute atomic E-state index is 0.118. The summed E-state index contributed by atoms with van der Waals surface area (Å²) in [6, 6.07) is 14.2. The van der Waals surface area contributed by atoms with Crippen LogP contribution in [0.2, 0.25) is 0 Å². The Morgan fingerprint density at radius 1 is 0.422 bits per heavy atom. The zero-order chi connectivity index (χ0) is 32.9. The van der Waals surface area contributed by atoms with Gasteiger partial charge < -0.3 is 19.9 Å². The van der Waals surface area contributed by atoms with E-state index < -0.39 is 56.4 Å². The predicted molar refractivity (Wildman–Crippen MR) is 162 cm³/mol. The van der Waals surface area contributed by atoms with Gasteiger partial charge in [0.25, 0.3) is 0 Å². The minimum Gasteiger partial charge on any atom is -0.361 e. The number of aromatic nitrogens is 4. The van der Waals surface area contributed by atoms with Crippen molar-refractivity contribution in [3.63, 3.8) is 0 Å². The molecule has 4 N–H and O–H groups in total. The van der Waals surface area contributed by atoms with Crippen LogP contribution in [0.15, 0.2) is 52.7 Å². The standard InChI is InChI=1S/C34H35F5N6/c1-31(2)16-15-23(43-30(16)45-44-29-27(38)25(36)24(35)26(37)28(29)39)34(7,8)22-14-13-21(42-22)33(5,6)20-12-11-19(41-20)32(3,4)18-10-9-17(31)40-18/h9-15,40-43H,1-8H3. The minimum atomic E-state index is -2.26. The van der Waals surface area contributed by atoms with Crippen LogP contribution in [0.4, 0.5) is 33.5 Å². The summed E-state index contributed by atoms with van der Waals surface area (Å²) in [5, 5.41) is 7.63. The zero-order valence-electron chi connectivity index (χ0n) is 26.3. The molecule has 0 atom stereocenters. The Labute approximate surface area is 257 Å². The number of nitrogens with one attached hydrogen (secondary N) is 4. The molecule has 6 rings (SSSR count). The Balaban J connectivity index is 1.59. The second-order valence-corrected chi connectivity index (χ2v) is 13.9. The lowest BCUT2D eigenvalue weighted by Gasteiger charge is -2.28. The third-order valence-electron chi connectivity index (χ3n) is 9.68. The number of halogens is 5. The van der Waals surface area contributed by atoms with Crippen molar-refractivity contribution in [3.8, 4) is 0 Å². The molecule has 4 aromatic heterocycles. The molecule has 0 aliphatic carbocycles. The third-order valence-corrected chi connectivity index (χ3v) is 9.68. The van der Waals surface area contributed by atoms with Gasteiger partial charge in [0.15, 0.2) is 34.8 Å². The second-order valence-electron chi connectivity index (χ2n) is 13.9. The first kappa shape index (κ1) is 30.6. The van der Waals surface area contributed by atoms with Crippen LogP contribution >= 0.6 is 0 Å². The summed E-state index contributed by atoms with van der Waals surface area (Å²) in [7, 11) is 0. The van der Waals surface area contributed by atoms with E-state index in [1.54, 1.807) is 0 Å². The molecule has 45 heavy (non-hydrogen) atoms. The highest BCUT2D eigenvalue weighted by molar-refractivity contribution is 5.54. The zero-order valence-corrected chi connectivity index (χ0v) is 26.3. The summed E-state index contributed by atoms with van der Waals surface area (Å²) < 4.78 is 70.6. The van der Waals surface area contributed by atoms with Crippen LogP contribution in [-0.4, -0.2) is 19.9 Å². The van der Waals surface area contributed by atoms with Crippen LogP contribution in [0.1, 0.15) is 101 Å². The highest BCUT2D eigenvalue weighted by Crippen LogP contribution is 2.44. The van der Waals surface area contributed by atoms with Crippen molar-refractivity contribution in [2.45, 2.75) is 77.0 Å². The maximum Gasteiger partial charge on any atom is 0.200 e. The Morgan fingerprint density at radius 3 is 1.16 bits per heavy atom.